The highest BCUT2D eigenvalue weighted by atomic mass is 16.3. The molecule has 1 aliphatic rings. The summed E-state index contributed by atoms with van der Waals surface area (Å²) in [4.78, 5) is 15.8. The van der Waals surface area contributed by atoms with Gasteiger partial charge >= 0.3 is 0 Å². The summed E-state index contributed by atoms with van der Waals surface area (Å²) in [5.41, 5.74) is 4.28. The van der Waals surface area contributed by atoms with Gasteiger partial charge in [0.05, 0.1) is 11.3 Å². The van der Waals surface area contributed by atoms with Gasteiger partial charge in [0.2, 0.25) is 0 Å². The van der Waals surface area contributed by atoms with Crippen molar-refractivity contribution in [2.45, 2.75) is 25.9 Å². The highest BCUT2D eigenvalue weighted by Gasteiger charge is 2.27. The predicted molar refractivity (Wildman–Crippen MR) is 116 cm³/mol. The monoisotopic (exact) mass is 382 g/mol. The van der Waals surface area contributed by atoms with Crippen LogP contribution in [0.2, 0.25) is 0 Å². The van der Waals surface area contributed by atoms with Gasteiger partial charge in [-0.25, -0.2) is 0 Å². The molecule has 0 fully saturated rings. The van der Waals surface area contributed by atoms with Gasteiger partial charge in [-0.15, -0.1) is 0 Å². The van der Waals surface area contributed by atoms with Gasteiger partial charge in [-0.3, -0.25) is 4.79 Å². The molecule has 2 aromatic carbocycles. The van der Waals surface area contributed by atoms with Crippen molar-refractivity contribution in [3.8, 4) is 11.8 Å². The molecule has 4 rings (SSSR count). The number of nitrogens with one attached hydrogen (secondary N) is 2. The van der Waals surface area contributed by atoms with Crippen molar-refractivity contribution in [2.75, 3.05) is 5.32 Å². The van der Waals surface area contributed by atoms with Crippen LogP contribution in [0.3, 0.4) is 0 Å². The molecule has 1 amide bonds. The van der Waals surface area contributed by atoms with Crippen molar-refractivity contribution in [2.24, 2.45) is 0 Å². The smallest absolute Gasteiger partial charge is 0.256 e. The van der Waals surface area contributed by atoms with Crippen LogP contribution >= 0.6 is 0 Å². The zero-order chi connectivity index (χ0) is 20.4. The Morgan fingerprint density at radius 2 is 1.90 bits per heavy atom. The Balaban J connectivity index is 1.79. The Hall–Kier alpha value is -3.55. The summed E-state index contributed by atoms with van der Waals surface area (Å²) >= 11 is 0. The van der Waals surface area contributed by atoms with Crippen molar-refractivity contribution in [3.05, 3.63) is 88.7 Å². The number of hydrogen-bond donors (Lipinski definition) is 3. The molecule has 3 aromatic rings. The van der Waals surface area contributed by atoms with Gasteiger partial charge in [-0.05, 0) is 48.7 Å². The molecule has 2 heterocycles. The first-order chi connectivity index (χ1) is 14.0. The first-order valence-corrected chi connectivity index (χ1v) is 9.63. The van der Waals surface area contributed by atoms with Crippen LogP contribution in [0, 0.1) is 11.8 Å². The maximum Gasteiger partial charge on any atom is 0.256 e. The maximum absolute atomic E-state index is 12.6. The lowest BCUT2D eigenvalue weighted by Gasteiger charge is -2.16. The number of rotatable bonds is 3. The molecule has 29 heavy (non-hydrogen) atoms. The second-order valence-corrected chi connectivity index (χ2v) is 7.20. The number of aliphatic hydroxyl groups is 1. The van der Waals surface area contributed by atoms with E-state index in [1.165, 1.54) is 0 Å². The van der Waals surface area contributed by atoms with Gasteiger partial charge in [-0.1, -0.05) is 55.2 Å². The lowest BCUT2D eigenvalue weighted by atomic mass is 9.94. The van der Waals surface area contributed by atoms with E-state index < -0.39 is 5.60 Å². The number of benzene rings is 2. The molecule has 4 nitrogen and oxygen atoms in total. The van der Waals surface area contributed by atoms with Gasteiger partial charge in [0, 0.05) is 23.0 Å². The first-order valence-electron chi connectivity index (χ1n) is 9.63. The Kier molecular flexibility index (Phi) is 4.84. The van der Waals surface area contributed by atoms with Gasteiger partial charge in [-0.2, -0.15) is 0 Å². The minimum atomic E-state index is -1.29. The molecule has 1 aliphatic heterocycles. The molecule has 1 unspecified atom stereocenters. The van der Waals surface area contributed by atoms with Crippen molar-refractivity contribution < 1.29 is 9.90 Å². The number of carbonyl (C=O) groups is 1. The second-order valence-electron chi connectivity index (χ2n) is 7.20. The zero-order valence-corrected chi connectivity index (χ0v) is 16.4. The number of amides is 1. The SMILES string of the molecule is CCc1cc[nH]c1/C=C1\C(=O)Nc2cccc(C#CC(C)(O)c3ccccc3)c21. The molecule has 144 valence electrons. The molecule has 1 aromatic heterocycles. The third-order valence-corrected chi connectivity index (χ3v) is 5.14. The molecule has 1 atom stereocenters. The van der Waals surface area contributed by atoms with E-state index in [1.807, 2.05) is 66.9 Å². The summed E-state index contributed by atoms with van der Waals surface area (Å²) in [6, 6.07) is 16.9. The van der Waals surface area contributed by atoms with Crippen LogP contribution in [0.4, 0.5) is 5.69 Å². The highest BCUT2D eigenvalue weighted by Crippen LogP contribution is 2.36. The van der Waals surface area contributed by atoms with E-state index in [2.05, 4.69) is 29.1 Å². The number of aromatic amines is 1. The van der Waals surface area contributed by atoms with E-state index in [-0.39, 0.29) is 5.91 Å². The maximum atomic E-state index is 12.6. The molecule has 0 saturated carbocycles. The van der Waals surface area contributed by atoms with E-state index >= 15 is 0 Å². The predicted octanol–water partition coefficient (Wildman–Crippen LogP) is 4.33. The first kappa shape index (κ1) is 18.8. The van der Waals surface area contributed by atoms with E-state index in [0.717, 1.165) is 34.5 Å². The van der Waals surface area contributed by atoms with Gasteiger partial charge in [0.1, 0.15) is 5.60 Å². The Morgan fingerprint density at radius 1 is 1.10 bits per heavy atom. The van der Waals surface area contributed by atoms with Gasteiger partial charge in [0.15, 0.2) is 0 Å². The molecule has 3 N–H and O–H groups in total. The molecule has 4 heteroatoms. The lowest BCUT2D eigenvalue weighted by molar-refractivity contribution is -0.110. The zero-order valence-electron chi connectivity index (χ0n) is 16.4. The minimum Gasteiger partial charge on any atom is -0.374 e. The topological polar surface area (TPSA) is 65.1 Å². The average Bonchev–Trinajstić information content (AvgIpc) is 3.31. The van der Waals surface area contributed by atoms with Crippen LogP contribution in [0.5, 0.6) is 0 Å². The number of aromatic nitrogens is 1. The number of hydrogen-bond acceptors (Lipinski definition) is 2. The summed E-state index contributed by atoms with van der Waals surface area (Å²) in [5.74, 6) is 5.92. The number of H-pyrrole nitrogens is 1. The molecule has 0 radical (unpaired) electrons. The van der Waals surface area contributed by atoms with Crippen molar-refractivity contribution in [1.82, 2.24) is 4.98 Å². The van der Waals surface area contributed by atoms with E-state index in [0.29, 0.717) is 11.1 Å². The van der Waals surface area contributed by atoms with Crippen molar-refractivity contribution >= 4 is 23.2 Å². The van der Waals surface area contributed by atoms with E-state index in [4.69, 9.17) is 0 Å². The Bertz CT molecular complexity index is 1160. The third kappa shape index (κ3) is 3.61. The number of anilines is 1. The summed E-state index contributed by atoms with van der Waals surface area (Å²) in [6.07, 6.45) is 4.63. The van der Waals surface area contributed by atoms with E-state index in [9.17, 15) is 9.90 Å². The molecule has 0 saturated heterocycles. The molecule has 0 spiro atoms. The summed E-state index contributed by atoms with van der Waals surface area (Å²) in [6.45, 7) is 3.75. The number of aryl methyl sites for hydroxylation is 1. The standard InChI is InChI=1S/C25H22N2O2/c1-3-17-13-15-26-22(17)16-20-23-18(8-7-11-21(23)27-24(20)28)12-14-25(2,29)19-9-5-4-6-10-19/h4-11,13,15-16,26,29H,3H2,1-2H3,(H,27,28)/b20-16-. The van der Waals surface area contributed by atoms with Crippen LogP contribution in [0.15, 0.2) is 60.8 Å². The van der Waals surface area contributed by atoms with Gasteiger partial charge < -0.3 is 15.4 Å². The van der Waals surface area contributed by atoms with Crippen LogP contribution < -0.4 is 5.32 Å². The normalized spacial score (nSPS) is 16.0. The van der Waals surface area contributed by atoms with Crippen molar-refractivity contribution in [1.29, 1.82) is 0 Å². The van der Waals surface area contributed by atoms with Crippen LogP contribution in [-0.2, 0) is 16.8 Å². The summed E-state index contributed by atoms with van der Waals surface area (Å²) < 4.78 is 0. The number of carbonyl (C=O) groups excluding carboxylic acids is 1. The second kappa shape index (κ2) is 7.46. The fourth-order valence-corrected chi connectivity index (χ4v) is 3.52. The van der Waals surface area contributed by atoms with Crippen molar-refractivity contribution in [3.63, 3.8) is 0 Å². The lowest BCUT2D eigenvalue weighted by Crippen LogP contribution is -2.18. The minimum absolute atomic E-state index is 0.152. The number of fused-ring (bicyclic) bond motifs is 1. The largest absolute Gasteiger partial charge is 0.374 e. The molecular weight excluding hydrogens is 360 g/mol. The summed E-state index contributed by atoms with van der Waals surface area (Å²) in [5, 5.41) is 13.7. The molecule has 0 bridgehead atoms. The fourth-order valence-electron chi connectivity index (χ4n) is 3.52. The van der Waals surface area contributed by atoms with Crippen LogP contribution in [0.1, 0.15) is 41.8 Å². The molecular formula is C25H22N2O2. The van der Waals surface area contributed by atoms with Gasteiger partial charge in [0.25, 0.3) is 5.91 Å². The fraction of sp³-hybridized carbons (Fsp3) is 0.160. The Labute approximate surface area is 170 Å². The molecule has 0 aliphatic carbocycles. The van der Waals surface area contributed by atoms with E-state index in [1.54, 1.807) is 6.92 Å². The quantitative estimate of drug-likeness (QED) is 0.466. The Morgan fingerprint density at radius 3 is 2.66 bits per heavy atom. The third-order valence-electron chi connectivity index (χ3n) is 5.14. The van der Waals surface area contributed by atoms with Crippen LogP contribution in [0.25, 0.3) is 11.6 Å². The van der Waals surface area contributed by atoms with Crippen LogP contribution in [-0.4, -0.2) is 16.0 Å². The summed E-state index contributed by atoms with van der Waals surface area (Å²) in [7, 11) is 0. The average molecular weight is 382 g/mol. The highest BCUT2D eigenvalue weighted by molar-refractivity contribution is 6.35.